The first-order valence-electron chi connectivity index (χ1n) is 9.23. The molecule has 0 saturated carbocycles. The van der Waals surface area contributed by atoms with Crippen LogP contribution in [-0.2, 0) is 11.3 Å². The molecular formula is C21H20N4O4S. The molecule has 0 aliphatic rings. The van der Waals surface area contributed by atoms with E-state index in [0.29, 0.717) is 33.4 Å². The van der Waals surface area contributed by atoms with Gasteiger partial charge in [0.25, 0.3) is 5.56 Å². The molecule has 0 atom stereocenters. The molecule has 0 aliphatic carbocycles. The smallest absolute Gasteiger partial charge is 0.278 e. The number of nitrogens with one attached hydrogen (secondary N) is 2. The average molecular weight is 424 g/mol. The number of ether oxygens (including phenoxy) is 1. The molecule has 30 heavy (non-hydrogen) atoms. The van der Waals surface area contributed by atoms with Crippen molar-refractivity contribution >= 4 is 34.4 Å². The van der Waals surface area contributed by atoms with Crippen LogP contribution in [0, 0.1) is 6.92 Å². The van der Waals surface area contributed by atoms with E-state index in [4.69, 9.17) is 9.15 Å². The fourth-order valence-electron chi connectivity index (χ4n) is 3.05. The normalized spacial score (nSPS) is 11.0. The lowest BCUT2D eigenvalue weighted by atomic mass is 10.3. The number of carbonyl (C=O) groups excluding carboxylic acids is 1. The van der Waals surface area contributed by atoms with Crippen molar-refractivity contribution in [2.45, 2.75) is 18.6 Å². The van der Waals surface area contributed by atoms with Gasteiger partial charge in [-0.3, -0.25) is 14.2 Å². The zero-order chi connectivity index (χ0) is 21.1. The van der Waals surface area contributed by atoms with E-state index in [2.05, 4.69) is 15.3 Å². The second-order valence-electron chi connectivity index (χ2n) is 6.65. The van der Waals surface area contributed by atoms with Gasteiger partial charge < -0.3 is 19.5 Å². The summed E-state index contributed by atoms with van der Waals surface area (Å²) in [5.41, 5.74) is 2.28. The van der Waals surface area contributed by atoms with E-state index in [0.717, 1.165) is 5.69 Å². The number of fused-ring (bicyclic) bond motifs is 1. The van der Waals surface area contributed by atoms with Crippen LogP contribution < -0.4 is 15.6 Å². The molecule has 3 heterocycles. The molecule has 2 N–H and O–H groups in total. The van der Waals surface area contributed by atoms with Crippen molar-refractivity contribution in [3.05, 3.63) is 70.5 Å². The van der Waals surface area contributed by atoms with Crippen LogP contribution in [0.1, 0.15) is 11.5 Å². The summed E-state index contributed by atoms with van der Waals surface area (Å²) in [6, 6.07) is 12.5. The van der Waals surface area contributed by atoms with Crippen molar-refractivity contribution in [1.82, 2.24) is 14.5 Å². The maximum Gasteiger partial charge on any atom is 0.278 e. The second kappa shape index (κ2) is 8.50. The van der Waals surface area contributed by atoms with Crippen molar-refractivity contribution in [1.29, 1.82) is 0 Å². The molecule has 0 spiro atoms. The molecule has 154 valence electrons. The van der Waals surface area contributed by atoms with Crippen molar-refractivity contribution in [2.75, 3.05) is 18.2 Å². The first-order valence-corrected chi connectivity index (χ1v) is 10.2. The average Bonchev–Trinajstić information content (AvgIpc) is 3.38. The van der Waals surface area contributed by atoms with Gasteiger partial charge in [0, 0.05) is 17.4 Å². The number of aryl methyl sites for hydroxylation is 1. The largest absolute Gasteiger partial charge is 0.497 e. The number of aromatic amines is 1. The molecule has 9 heteroatoms. The van der Waals surface area contributed by atoms with Crippen molar-refractivity contribution in [3.63, 3.8) is 0 Å². The maximum atomic E-state index is 13.0. The number of furan rings is 1. The van der Waals surface area contributed by atoms with Crippen LogP contribution in [0.3, 0.4) is 0 Å². The quantitative estimate of drug-likeness (QED) is 0.348. The molecule has 4 rings (SSSR count). The van der Waals surface area contributed by atoms with Crippen LogP contribution in [0.15, 0.2) is 63.1 Å². The Morgan fingerprint density at radius 3 is 2.93 bits per heavy atom. The number of hydrogen-bond donors (Lipinski definition) is 2. The summed E-state index contributed by atoms with van der Waals surface area (Å²) >= 11 is 1.20. The van der Waals surface area contributed by atoms with Crippen molar-refractivity contribution in [2.24, 2.45) is 0 Å². The van der Waals surface area contributed by atoms with Gasteiger partial charge in [-0.15, -0.1) is 0 Å². The van der Waals surface area contributed by atoms with Gasteiger partial charge in [-0.05, 0) is 37.3 Å². The Labute approximate surface area is 176 Å². The fourth-order valence-corrected chi connectivity index (χ4v) is 3.85. The molecule has 4 aromatic rings. The topological polar surface area (TPSA) is 102 Å². The minimum atomic E-state index is -0.211. The van der Waals surface area contributed by atoms with Crippen LogP contribution in [0.2, 0.25) is 0 Å². The van der Waals surface area contributed by atoms with Crippen LogP contribution in [0.25, 0.3) is 11.0 Å². The Bertz CT molecular complexity index is 1240. The van der Waals surface area contributed by atoms with Gasteiger partial charge in [-0.1, -0.05) is 17.8 Å². The third-order valence-electron chi connectivity index (χ3n) is 4.42. The van der Waals surface area contributed by atoms with Gasteiger partial charge in [0.2, 0.25) is 5.91 Å². The number of rotatable bonds is 7. The number of carbonyl (C=O) groups is 1. The summed E-state index contributed by atoms with van der Waals surface area (Å²) in [6.07, 6.45) is 1.56. The SMILES string of the molecule is COc1cccc(NC(=O)CSc2nc3cc(C)[nH]c3c(=O)n2Cc2ccco2)c1. The molecule has 0 bridgehead atoms. The van der Waals surface area contributed by atoms with Crippen LogP contribution in [0.5, 0.6) is 5.75 Å². The number of methoxy groups -OCH3 is 1. The highest BCUT2D eigenvalue weighted by Gasteiger charge is 2.16. The van der Waals surface area contributed by atoms with Crippen LogP contribution >= 0.6 is 11.8 Å². The molecule has 0 saturated heterocycles. The Hall–Kier alpha value is -3.46. The lowest BCUT2D eigenvalue weighted by Gasteiger charge is -2.11. The van der Waals surface area contributed by atoms with E-state index >= 15 is 0 Å². The molecular weight excluding hydrogens is 404 g/mol. The summed E-state index contributed by atoms with van der Waals surface area (Å²) in [5, 5.41) is 3.28. The molecule has 0 radical (unpaired) electrons. The van der Waals surface area contributed by atoms with Gasteiger partial charge in [-0.25, -0.2) is 4.98 Å². The fraction of sp³-hybridized carbons (Fsp3) is 0.190. The van der Waals surface area contributed by atoms with Crippen LogP contribution in [0.4, 0.5) is 5.69 Å². The van der Waals surface area contributed by atoms with Crippen molar-refractivity contribution in [3.8, 4) is 5.75 Å². The minimum Gasteiger partial charge on any atom is -0.497 e. The predicted octanol–water partition coefficient (Wildman–Crippen LogP) is 3.41. The van der Waals surface area contributed by atoms with E-state index in [1.165, 1.54) is 16.3 Å². The number of hydrogen-bond acceptors (Lipinski definition) is 6. The Morgan fingerprint density at radius 2 is 2.17 bits per heavy atom. The number of thioether (sulfide) groups is 1. The van der Waals surface area contributed by atoms with Crippen molar-refractivity contribution < 1.29 is 13.9 Å². The molecule has 1 aromatic carbocycles. The Balaban J connectivity index is 1.57. The number of aromatic nitrogens is 3. The number of anilines is 1. The first kappa shape index (κ1) is 19.8. The lowest BCUT2D eigenvalue weighted by Crippen LogP contribution is -2.24. The number of benzene rings is 1. The zero-order valence-electron chi connectivity index (χ0n) is 16.5. The van der Waals surface area contributed by atoms with Crippen LogP contribution in [-0.4, -0.2) is 33.3 Å². The van der Waals surface area contributed by atoms with E-state index in [-0.39, 0.29) is 23.8 Å². The molecule has 0 aliphatic heterocycles. The maximum absolute atomic E-state index is 13.0. The molecule has 0 fully saturated rings. The monoisotopic (exact) mass is 424 g/mol. The summed E-state index contributed by atoms with van der Waals surface area (Å²) in [4.78, 5) is 33.1. The zero-order valence-corrected chi connectivity index (χ0v) is 17.3. The Morgan fingerprint density at radius 1 is 1.30 bits per heavy atom. The summed E-state index contributed by atoms with van der Waals surface area (Å²) in [5.74, 6) is 1.17. The van der Waals surface area contributed by atoms with Gasteiger partial charge in [0.05, 0.1) is 31.2 Å². The van der Waals surface area contributed by atoms with E-state index in [1.807, 2.05) is 13.0 Å². The molecule has 0 unspecified atom stereocenters. The first-order chi connectivity index (χ1) is 14.5. The molecule has 1 amide bonds. The third kappa shape index (κ3) is 4.25. The lowest BCUT2D eigenvalue weighted by molar-refractivity contribution is -0.113. The van der Waals surface area contributed by atoms with E-state index in [1.54, 1.807) is 49.8 Å². The predicted molar refractivity (Wildman–Crippen MR) is 115 cm³/mol. The van der Waals surface area contributed by atoms with Gasteiger partial charge >= 0.3 is 0 Å². The standard InChI is InChI=1S/C21H20N4O4S/c1-13-9-17-19(22-13)20(27)25(11-16-7-4-8-29-16)21(24-17)30-12-18(26)23-14-5-3-6-15(10-14)28-2/h3-10,22H,11-12H2,1-2H3,(H,23,26). The number of H-pyrrole nitrogens is 1. The second-order valence-corrected chi connectivity index (χ2v) is 7.59. The molecule has 8 nitrogen and oxygen atoms in total. The van der Waals surface area contributed by atoms with E-state index in [9.17, 15) is 9.59 Å². The molecule has 3 aromatic heterocycles. The van der Waals surface area contributed by atoms with E-state index < -0.39 is 0 Å². The highest BCUT2D eigenvalue weighted by molar-refractivity contribution is 7.99. The third-order valence-corrected chi connectivity index (χ3v) is 5.39. The van der Waals surface area contributed by atoms with Gasteiger partial charge in [-0.2, -0.15) is 0 Å². The summed E-state index contributed by atoms with van der Waals surface area (Å²) < 4.78 is 12.1. The summed E-state index contributed by atoms with van der Waals surface area (Å²) in [6.45, 7) is 2.10. The highest BCUT2D eigenvalue weighted by Crippen LogP contribution is 2.21. The highest BCUT2D eigenvalue weighted by atomic mass is 32.2. The van der Waals surface area contributed by atoms with Gasteiger partial charge in [0.1, 0.15) is 17.0 Å². The summed E-state index contributed by atoms with van der Waals surface area (Å²) in [7, 11) is 1.57. The van der Waals surface area contributed by atoms with Gasteiger partial charge in [0.15, 0.2) is 5.16 Å². The minimum absolute atomic E-state index is 0.0940. The number of nitrogens with zero attached hydrogens (tertiary/aromatic N) is 2. The number of amides is 1. The Kier molecular flexibility index (Phi) is 5.62.